The summed E-state index contributed by atoms with van der Waals surface area (Å²) in [6.07, 6.45) is -0.537. The van der Waals surface area contributed by atoms with Crippen LogP contribution in [0.4, 0.5) is 0 Å². The van der Waals surface area contributed by atoms with Crippen molar-refractivity contribution in [2.75, 3.05) is 12.9 Å². The van der Waals surface area contributed by atoms with E-state index in [1.807, 2.05) is 32.0 Å². The predicted octanol–water partition coefficient (Wildman–Crippen LogP) is 4.45. The lowest BCUT2D eigenvalue weighted by molar-refractivity contribution is 0.198. The van der Waals surface area contributed by atoms with Crippen LogP contribution in [0.1, 0.15) is 28.4 Å². The summed E-state index contributed by atoms with van der Waals surface area (Å²) < 4.78 is 5.43. The second-order valence-electron chi connectivity index (χ2n) is 5.29. The smallest absolute Gasteiger partial charge is 0.125 e. The van der Waals surface area contributed by atoms with E-state index in [1.54, 1.807) is 18.9 Å². The number of thioether (sulfide) groups is 1. The lowest BCUT2D eigenvalue weighted by Gasteiger charge is -2.18. The molecular formula is C18H22O2S. The first kappa shape index (κ1) is 15.9. The van der Waals surface area contributed by atoms with E-state index < -0.39 is 6.10 Å². The maximum atomic E-state index is 10.6. The molecule has 1 N–H and O–H groups in total. The maximum Gasteiger partial charge on any atom is 0.125 e. The van der Waals surface area contributed by atoms with Crippen molar-refractivity contribution in [3.05, 3.63) is 58.7 Å². The van der Waals surface area contributed by atoms with Crippen LogP contribution < -0.4 is 4.74 Å². The topological polar surface area (TPSA) is 29.5 Å². The van der Waals surface area contributed by atoms with Gasteiger partial charge in [0, 0.05) is 16.2 Å². The number of hydrogen-bond acceptors (Lipinski definition) is 3. The van der Waals surface area contributed by atoms with Gasteiger partial charge in [-0.3, -0.25) is 0 Å². The predicted molar refractivity (Wildman–Crippen MR) is 89.3 cm³/mol. The maximum absolute atomic E-state index is 10.6. The van der Waals surface area contributed by atoms with Gasteiger partial charge in [0.15, 0.2) is 0 Å². The van der Waals surface area contributed by atoms with Gasteiger partial charge in [0.05, 0.1) is 13.2 Å². The minimum atomic E-state index is -0.537. The Hall–Kier alpha value is -1.45. The fourth-order valence-corrected chi connectivity index (χ4v) is 3.48. The van der Waals surface area contributed by atoms with Crippen LogP contribution in [-0.4, -0.2) is 18.0 Å². The summed E-state index contributed by atoms with van der Waals surface area (Å²) in [5.41, 5.74) is 4.35. The molecule has 0 heterocycles. The number of methoxy groups -OCH3 is 1. The number of aliphatic hydroxyl groups excluding tert-OH is 1. The van der Waals surface area contributed by atoms with E-state index in [4.69, 9.17) is 4.74 Å². The molecule has 2 aromatic rings. The fraction of sp³-hybridized carbons (Fsp3) is 0.333. The van der Waals surface area contributed by atoms with Crippen molar-refractivity contribution in [3.8, 4) is 5.75 Å². The van der Waals surface area contributed by atoms with Crippen LogP contribution in [0.3, 0.4) is 0 Å². The van der Waals surface area contributed by atoms with Crippen molar-refractivity contribution in [2.24, 2.45) is 0 Å². The molecule has 0 aromatic heterocycles. The molecule has 0 saturated heterocycles. The lowest BCUT2D eigenvalue weighted by Crippen LogP contribution is -2.06. The summed E-state index contributed by atoms with van der Waals surface area (Å²) in [7, 11) is 1.65. The molecule has 0 saturated carbocycles. The van der Waals surface area contributed by atoms with E-state index in [-0.39, 0.29) is 0 Å². The number of aryl methyl sites for hydroxylation is 3. The molecule has 0 aliphatic heterocycles. The molecule has 2 nitrogen and oxygen atoms in total. The first-order chi connectivity index (χ1) is 10.0. The van der Waals surface area contributed by atoms with Crippen LogP contribution in [0.5, 0.6) is 5.75 Å². The van der Waals surface area contributed by atoms with Crippen molar-refractivity contribution in [2.45, 2.75) is 31.8 Å². The fourth-order valence-electron chi connectivity index (χ4n) is 2.51. The van der Waals surface area contributed by atoms with Gasteiger partial charge in [0.2, 0.25) is 0 Å². The number of rotatable bonds is 5. The van der Waals surface area contributed by atoms with E-state index in [2.05, 4.69) is 25.1 Å². The highest BCUT2D eigenvalue weighted by Gasteiger charge is 2.17. The van der Waals surface area contributed by atoms with E-state index >= 15 is 0 Å². The van der Waals surface area contributed by atoms with Crippen LogP contribution in [0, 0.1) is 20.8 Å². The summed E-state index contributed by atoms with van der Waals surface area (Å²) in [5.74, 6) is 1.39. The Morgan fingerprint density at radius 1 is 1.10 bits per heavy atom. The number of aliphatic hydroxyl groups is 1. The Bertz CT molecular complexity index is 623. The number of hydrogen-bond donors (Lipinski definition) is 1. The average Bonchev–Trinajstić information content (AvgIpc) is 2.45. The lowest BCUT2D eigenvalue weighted by atomic mass is 10.0. The summed E-state index contributed by atoms with van der Waals surface area (Å²) >= 11 is 1.68. The molecule has 2 aromatic carbocycles. The summed E-state index contributed by atoms with van der Waals surface area (Å²) in [6.45, 7) is 6.15. The molecule has 0 aliphatic carbocycles. The van der Waals surface area contributed by atoms with Crippen LogP contribution in [0.2, 0.25) is 0 Å². The second-order valence-corrected chi connectivity index (χ2v) is 6.35. The van der Waals surface area contributed by atoms with E-state index in [1.165, 1.54) is 10.5 Å². The average molecular weight is 302 g/mol. The minimum absolute atomic E-state index is 0.537. The molecule has 0 spiro atoms. The van der Waals surface area contributed by atoms with Gasteiger partial charge in [-0.2, -0.15) is 0 Å². The van der Waals surface area contributed by atoms with Gasteiger partial charge in [-0.05, 0) is 49.6 Å². The second kappa shape index (κ2) is 7.01. The Labute approximate surface area is 131 Å². The zero-order valence-electron chi connectivity index (χ0n) is 13.0. The molecule has 2 rings (SSSR count). The minimum Gasteiger partial charge on any atom is -0.496 e. The van der Waals surface area contributed by atoms with Gasteiger partial charge < -0.3 is 9.84 Å². The Kier molecular flexibility index (Phi) is 5.32. The molecule has 112 valence electrons. The third-order valence-electron chi connectivity index (χ3n) is 3.54. The highest BCUT2D eigenvalue weighted by Crippen LogP contribution is 2.34. The van der Waals surface area contributed by atoms with Crippen LogP contribution in [0.25, 0.3) is 0 Å². The molecule has 0 fully saturated rings. The number of ether oxygens (including phenoxy) is 1. The monoisotopic (exact) mass is 302 g/mol. The third kappa shape index (κ3) is 3.80. The Morgan fingerprint density at radius 2 is 1.81 bits per heavy atom. The Morgan fingerprint density at radius 3 is 2.48 bits per heavy atom. The molecule has 1 atom stereocenters. The molecule has 0 radical (unpaired) electrons. The molecule has 3 heteroatoms. The molecule has 1 unspecified atom stereocenters. The van der Waals surface area contributed by atoms with Gasteiger partial charge in [-0.25, -0.2) is 0 Å². The Balaban J connectivity index is 2.17. The van der Waals surface area contributed by atoms with E-state index in [0.717, 1.165) is 22.4 Å². The van der Waals surface area contributed by atoms with Gasteiger partial charge in [-0.15, -0.1) is 11.8 Å². The van der Waals surface area contributed by atoms with E-state index in [0.29, 0.717) is 5.75 Å². The van der Waals surface area contributed by atoms with Crippen molar-refractivity contribution in [3.63, 3.8) is 0 Å². The summed E-state index contributed by atoms with van der Waals surface area (Å²) in [6, 6.07) is 12.3. The standard InChI is InChI=1S/C18H22O2S/c1-12-9-14(3)18(16(10-12)20-4)15(19)11-21-17-8-6-5-7-13(17)2/h5-10,15,19H,11H2,1-4H3. The molecule has 0 aliphatic rings. The quantitative estimate of drug-likeness (QED) is 0.828. The van der Waals surface area contributed by atoms with Gasteiger partial charge >= 0.3 is 0 Å². The zero-order valence-corrected chi connectivity index (χ0v) is 13.8. The van der Waals surface area contributed by atoms with Gasteiger partial charge in [-0.1, -0.05) is 24.3 Å². The van der Waals surface area contributed by atoms with Crippen molar-refractivity contribution >= 4 is 11.8 Å². The third-order valence-corrected chi connectivity index (χ3v) is 4.79. The largest absolute Gasteiger partial charge is 0.496 e. The first-order valence-electron chi connectivity index (χ1n) is 7.04. The number of benzene rings is 2. The normalized spacial score (nSPS) is 12.2. The molecule has 0 amide bonds. The van der Waals surface area contributed by atoms with Gasteiger partial charge in [0.25, 0.3) is 0 Å². The highest BCUT2D eigenvalue weighted by molar-refractivity contribution is 7.99. The molecule has 21 heavy (non-hydrogen) atoms. The van der Waals surface area contributed by atoms with Crippen molar-refractivity contribution < 1.29 is 9.84 Å². The van der Waals surface area contributed by atoms with Crippen LogP contribution in [0.15, 0.2) is 41.3 Å². The molecular weight excluding hydrogens is 280 g/mol. The first-order valence-corrected chi connectivity index (χ1v) is 8.03. The van der Waals surface area contributed by atoms with Gasteiger partial charge in [0.1, 0.15) is 5.75 Å². The van der Waals surface area contributed by atoms with Crippen molar-refractivity contribution in [1.29, 1.82) is 0 Å². The van der Waals surface area contributed by atoms with Crippen molar-refractivity contribution in [1.82, 2.24) is 0 Å². The summed E-state index contributed by atoms with van der Waals surface area (Å²) in [5, 5.41) is 10.6. The van der Waals surface area contributed by atoms with Crippen LogP contribution in [-0.2, 0) is 0 Å². The zero-order chi connectivity index (χ0) is 15.4. The SMILES string of the molecule is COc1cc(C)cc(C)c1C(O)CSc1ccccc1C. The highest BCUT2D eigenvalue weighted by atomic mass is 32.2. The van der Waals surface area contributed by atoms with Crippen LogP contribution >= 0.6 is 11.8 Å². The summed E-state index contributed by atoms with van der Waals surface area (Å²) in [4.78, 5) is 1.21. The molecule has 0 bridgehead atoms. The van der Waals surface area contributed by atoms with E-state index in [9.17, 15) is 5.11 Å².